The van der Waals surface area contributed by atoms with Gasteiger partial charge in [-0.2, -0.15) is 36.5 Å². The zero-order valence-electron chi connectivity index (χ0n) is 21.1. The number of hydrogen-bond acceptors (Lipinski definition) is 10. The monoisotopic (exact) mass is 740 g/mol. The second-order valence-electron chi connectivity index (χ2n) is 8.30. The van der Waals surface area contributed by atoms with Crippen LogP contribution in [0.25, 0.3) is 0 Å². The lowest BCUT2D eigenvalue weighted by Crippen LogP contribution is -2.31. The highest BCUT2D eigenvalue weighted by atomic mass is 35.5. The highest BCUT2D eigenvalue weighted by Gasteiger charge is 2.52. The zero-order chi connectivity index (χ0) is 32.9. The Kier molecular flexibility index (Phi) is 9.66. The first kappa shape index (κ1) is 35.1. The van der Waals surface area contributed by atoms with Crippen molar-refractivity contribution < 1.29 is 52.0 Å². The Hall–Kier alpha value is -2.40. The van der Waals surface area contributed by atoms with Gasteiger partial charge in [0.05, 0.1) is 12.4 Å². The van der Waals surface area contributed by atoms with Gasteiger partial charge in [-0.15, -0.1) is 0 Å². The maximum Gasteiger partial charge on any atom is 0.419 e. The third-order valence-corrected chi connectivity index (χ3v) is 11.9. The van der Waals surface area contributed by atoms with Gasteiger partial charge in [0, 0.05) is 26.5 Å². The second kappa shape index (κ2) is 11.8. The molecule has 2 atom stereocenters. The van der Waals surface area contributed by atoms with Gasteiger partial charge in [-0.05, 0) is 6.92 Å². The highest BCUT2D eigenvalue weighted by Crippen LogP contribution is 2.44. The van der Waals surface area contributed by atoms with E-state index in [1.807, 2.05) is 0 Å². The van der Waals surface area contributed by atoms with E-state index in [2.05, 4.69) is 20.2 Å². The van der Waals surface area contributed by atoms with Crippen LogP contribution in [0.15, 0.2) is 33.5 Å². The number of aryl methyl sites for hydroxylation is 2. The number of rotatable bonds is 6. The summed E-state index contributed by atoms with van der Waals surface area (Å²) in [5, 5.41) is 3.18. The van der Waals surface area contributed by atoms with Gasteiger partial charge in [-0.3, -0.25) is 9.36 Å². The molecule has 238 valence electrons. The van der Waals surface area contributed by atoms with Crippen molar-refractivity contribution in [3.63, 3.8) is 0 Å². The largest absolute Gasteiger partial charge is 0.419 e. The molecule has 0 amide bonds. The normalized spacial score (nSPS) is 15.1. The molecule has 0 saturated carbocycles. The van der Waals surface area contributed by atoms with Gasteiger partial charge in [-0.1, -0.05) is 45.9 Å². The van der Waals surface area contributed by atoms with Crippen LogP contribution in [0.2, 0.25) is 8.67 Å². The van der Waals surface area contributed by atoms with Crippen LogP contribution in [-0.4, -0.2) is 46.4 Å². The zero-order valence-corrected chi connectivity index (χ0v) is 25.9. The molecule has 4 aromatic heterocycles. The summed E-state index contributed by atoms with van der Waals surface area (Å²) >= 11 is 11.9. The number of sulfone groups is 2. The van der Waals surface area contributed by atoms with Crippen LogP contribution in [0.5, 0.6) is 0 Å². The number of nitrogens with zero attached hydrogens (tertiary/aromatic N) is 6. The lowest BCUT2D eigenvalue weighted by molar-refractivity contribution is -0.139. The quantitative estimate of drug-likeness (QED) is 0.215. The third-order valence-electron chi connectivity index (χ3n) is 5.10. The maximum atomic E-state index is 14.9. The third kappa shape index (κ3) is 7.13. The van der Waals surface area contributed by atoms with Crippen LogP contribution >= 0.6 is 45.9 Å². The first-order chi connectivity index (χ1) is 19.4. The molecular formula is C19H14Cl2F8N6O4S4. The van der Waals surface area contributed by atoms with E-state index in [4.69, 9.17) is 23.2 Å². The summed E-state index contributed by atoms with van der Waals surface area (Å²) in [6, 6.07) is 0. The fraction of sp³-hybridized carbons (Fsp3) is 0.368. The number of aromatic nitrogens is 6. The van der Waals surface area contributed by atoms with Crippen molar-refractivity contribution >= 4 is 65.5 Å². The summed E-state index contributed by atoms with van der Waals surface area (Å²) in [6.45, 7) is 0.495. The Bertz CT molecular complexity index is 1850. The standard InChI is InChI=1S/C10H8ClF4N3O2S2.C9H6ClF4N3O2S2/c1-9(12,22(19,20)8-16-3-6(11)21-8)7-5(10(13,14)15)4-18(2)17-7;1-17-3-4(9(12,13)14)6(16-17)7(11)21(18,19)8-15-2-5(10)20-8/h3-4H,1-2H3;2-3,7H,1H3. The van der Waals surface area contributed by atoms with E-state index in [9.17, 15) is 52.0 Å². The number of hydrogen-bond donors (Lipinski definition) is 0. The fourth-order valence-corrected chi connectivity index (χ4v) is 8.68. The van der Waals surface area contributed by atoms with E-state index in [1.165, 1.54) is 0 Å². The number of alkyl halides is 8. The van der Waals surface area contributed by atoms with Crippen molar-refractivity contribution in [1.29, 1.82) is 0 Å². The summed E-state index contributed by atoms with van der Waals surface area (Å²) in [7, 11) is -7.37. The molecule has 0 fully saturated rings. The lowest BCUT2D eigenvalue weighted by atomic mass is 10.2. The Balaban J connectivity index is 0.000000236. The molecule has 0 aromatic carbocycles. The van der Waals surface area contributed by atoms with Crippen LogP contribution < -0.4 is 0 Å². The Labute approximate surface area is 254 Å². The molecule has 4 aromatic rings. The number of halogens is 10. The Morgan fingerprint density at radius 3 is 1.67 bits per heavy atom. The molecule has 0 N–H and O–H groups in total. The van der Waals surface area contributed by atoms with Gasteiger partial charge in [0.25, 0.3) is 10.5 Å². The summed E-state index contributed by atoms with van der Waals surface area (Å²) < 4.78 is 154. The molecule has 0 aliphatic carbocycles. The smallest absolute Gasteiger partial charge is 0.275 e. The summed E-state index contributed by atoms with van der Waals surface area (Å²) in [5.41, 5.74) is -8.38. The van der Waals surface area contributed by atoms with Crippen molar-refractivity contribution in [2.45, 2.75) is 38.5 Å². The molecule has 2 unspecified atom stereocenters. The van der Waals surface area contributed by atoms with Gasteiger partial charge < -0.3 is 0 Å². The molecular weight excluding hydrogens is 727 g/mol. The summed E-state index contributed by atoms with van der Waals surface area (Å²) in [4.78, 5) is 6.80. The molecule has 0 saturated heterocycles. The van der Waals surface area contributed by atoms with Crippen molar-refractivity contribution in [2.24, 2.45) is 14.1 Å². The minimum atomic E-state index is -4.95. The van der Waals surface area contributed by atoms with Crippen molar-refractivity contribution in [3.8, 4) is 0 Å². The highest BCUT2D eigenvalue weighted by molar-refractivity contribution is 7.94. The van der Waals surface area contributed by atoms with Crippen LogP contribution in [0, 0.1) is 0 Å². The maximum absolute atomic E-state index is 14.9. The molecule has 0 spiro atoms. The average molecular weight is 742 g/mol. The predicted molar refractivity (Wildman–Crippen MR) is 137 cm³/mol. The van der Waals surface area contributed by atoms with Crippen molar-refractivity contribution in [1.82, 2.24) is 29.5 Å². The van der Waals surface area contributed by atoms with E-state index >= 15 is 0 Å². The average Bonchev–Trinajstić information content (AvgIpc) is 3.65. The lowest BCUT2D eigenvalue weighted by Gasteiger charge is -2.19. The minimum Gasteiger partial charge on any atom is -0.275 e. The SMILES string of the molecule is Cn1cc(C(F)(F)F)c(C(C)(F)S(=O)(=O)c2ncc(Cl)s2)n1.Cn1cc(C(F)(F)F)c(C(F)S(=O)(=O)c2ncc(Cl)s2)n1. The summed E-state index contributed by atoms with van der Waals surface area (Å²) in [5.74, 6) is 0. The summed E-state index contributed by atoms with van der Waals surface area (Å²) in [6.07, 6.45) is -6.92. The van der Waals surface area contributed by atoms with Gasteiger partial charge in [-0.25, -0.2) is 35.6 Å². The molecule has 0 aliphatic rings. The minimum absolute atomic E-state index is 0.0298. The van der Waals surface area contributed by atoms with Crippen LogP contribution in [0.3, 0.4) is 0 Å². The van der Waals surface area contributed by atoms with Gasteiger partial charge in [0.1, 0.15) is 31.2 Å². The van der Waals surface area contributed by atoms with Crippen LogP contribution in [0.1, 0.15) is 34.9 Å². The molecule has 0 radical (unpaired) electrons. The Morgan fingerprint density at radius 2 is 1.23 bits per heavy atom. The van der Waals surface area contributed by atoms with Gasteiger partial charge in [0.2, 0.25) is 28.4 Å². The van der Waals surface area contributed by atoms with Gasteiger partial charge in [0.15, 0.2) is 0 Å². The Morgan fingerprint density at radius 1 is 0.791 bits per heavy atom. The molecule has 0 aliphatic heterocycles. The van der Waals surface area contributed by atoms with Crippen molar-refractivity contribution in [3.05, 3.63) is 56.0 Å². The van der Waals surface area contributed by atoms with Gasteiger partial charge >= 0.3 is 12.4 Å². The van der Waals surface area contributed by atoms with E-state index in [1.54, 1.807) is 0 Å². The predicted octanol–water partition coefficient (Wildman–Crippen LogP) is 6.16. The van der Waals surface area contributed by atoms with E-state index in [0.29, 0.717) is 51.4 Å². The molecule has 0 bridgehead atoms. The van der Waals surface area contributed by atoms with Crippen LogP contribution in [-0.2, 0) is 51.1 Å². The number of thiazole rings is 2. The van der Waals surface area contributed by atoms with Crippen molar-refractivity contribution in [2.75, 3.05) is 0 Å². The van der Waals surface area contributed by atoms with E-state index in [-0.39, 0.29) is 8.67 Å². The molecule has 10 nitrogen and oxygen atoms in total. The fourth-order valence-electron chi connectivity index (χ4n) is 3.18. The van der Waals surface area contributed by atoms with Crippen LogP contribution in [0.4, 0.5) is 35.1 Å². The molecule has 4 heterocycles. The van der Waals surface area contributed by atoms with E-state index < -0.39 is 73.7 Å². The molecule has 43 heavy (non-hydrogen) atoms. The van der Waals surface area contributed by atoms with E-state index in [0.717, 1.165) is 26.5 Å². The first-order valence-corrected chi connectivity index (χ1v) is 16.1. The topological polar surface area (TPSA) is 130 Å². The molecule has 24 heteroatoms. The second-order valence-corrected chi connectivity index (χ2v) is 16.2. The first-order valence-electron chi connectivity index (χ1n) is 10.7. The molecule has 4 rings (SSSR count).